The number of hydrogen-bond acceptors (Lipinski definition) is 4. The van der Waals surface area contributed by atoms with Gasteiger partial charge in [0, 0.05) is 41.1 Å². The molecule has 0 saturated heterocycles. The predicted octanol–water partition coefficient (Wildman–Crippen LogP) is 3.60. The lowest BCUT2D eigenvalue weighted by molar-refractivity contribution is -0.385. The lowest BCUT2D eigenvalue weighted by Crippen LogP contribution is -2.18. The Morgan fingerprint density at radius 1 is 1.45 bits per heavy atom. The topological polar surface area (TPSA) is 68.1 Å². The van der Waals surface area contributed by atoms with E-state index >= 15 is 0 Å². The van der Waals surface area contributed by atoms with Gasteiger partial charge in [-0.05, 0) is 30.7 Å². The number of aromatic nitrogens is 1. The molecule has 1 heterocycles. The minimum atomic E-state index is -0.365. The van der Waals surface area contributed by atoms with E-state index in [2.05, 4.69) is 26.2 Å². The summed E-state index contributed by atoms with van der Waals surface area (Å²) in [6.45, 7) is 2.43. The molecule has 1 atom stereocenters. The SMILES string of the molecule is CC(NCc1ccc(Br)cc1[N+](=O)[O-])c1cccnc1. The molecular formula is C14H14BrN3O2. The molecule has 0 amide bonds. The highest BCUT2D eigenvalue weighted by molar-refractivity contribution is 9.10. The molecule has 2 rings (SSSR count). The third-order valence-corrected chi connectivity index (χ3v) is 3.52. The lowest BCUT2D eigenvalue weighted by Gasteiger charge is -2.14. The second kappa shape index (κ2) is 6.58. The number of pyridine rings is 1. The van der Waals surface area contributed by atoms with Gasteiger partial charge < -0.3 is 5.32 Å². The van der Waals surface area contributed by atoms with E-state index in [-0.39, 0.29) is 16.7 Å². The van der Waals surface area contributed by atoms with E-state index < -0.39 is 0 Å². The van der Waals surface area contributed by atoms with E-state index in [4.69, 9.17) is 0 Å². The summed E-state index contributed by atoms with van der Waals surface area (Å²) < 4.78 is 0.702. The van der Waals surface area contributed by atoms with Crippen LogP contribution in [0.2, 0.25) is 0 Å². The molecule has 1 unspecified atom stereocenters. The first kappa shape index (κ1) is 14.6. The minimum absolute atomic E-state index is 0.0759. The Balaban J connectivity index is 2.09. The maximum Gasteiger partial charge on any atom is 0.275 e. The number of nitro benzene ring substituents is 1. The molecule has 0 aliphatic rings. The average molecular weight is 336 g/mol. The van der Waals surface area contributed by atoms with Crippen LogP contribution >= 0.6 is 15.9 Å². The van der Waals surface area contributed by atoms with E-state index in [1.807, 2.05) is 19.1 Å². The summed E-state index contributed by atoms with van der Waals surface area (Å²) in [4.78, 5) is 14.7. The lowest BCUT2D eigenvalue weighted by atomic mass is 10.1. The van der Waals surface area contributed by atoms with Gasteiger partial charge in [0.1, 0.15) is 0 Å². The van der Waals surface area contributed by atoms with Crippen LogP contribution in [0.15, 0.2) is 47.2 Å². The number of benzene rings is 1. The molecule has 0 saturated carbocycles. The summed E-state index contributed by atoms with van der Waals surface area (Å²) in [5.74, 6) is 0. The molecule has 1 aromatic heterocycles. The molecule has 20 heavy (non-hydrogen) atoms. The molecule has 0 spiro atoms. The van der Waals surface area contributed by atoms with Crippen LogP contribution < -0.4 is 5.32 Å². The van der Waals surface area contributed by atoms with E-state index in [0.29, 0.717) is 16.6 Å². The number of nitrogens with zero attached hydrogens (tertiary/aromatic N) is 2. The van der Waals surface area contributed by atoms with Crippen molar-refractivity contribution in [1.82, 2.24) is 10.3 Å². The summed E-state index contributed by atoms with van der Waals surface area (Å²) in [5, 5.41) is 14.3. The van der Waals surface area contributed by atoms with Crippen LogP contribution in [0.4, 0.5) is 5.69 Å². The molecule has 1 N–H and O–H groups in total. The molecule has 104 valence electrons. The van der Waals surface area contributed by atoms with Crippen molar-refractivity contribution in [3.63, 3.8) is 0 Å². The zero-order chi connectivity index (χ0) is 14.5. The van der Waals surface area contributed by atoms with Crippen LogP contribution in [0.3, 0.4) is 0 Å². The maximum atomic E-state index is 11.0. The van der Waals surface area contributed by atoms with Crippen LogP contribution in [-0.4, -0.2) is 9.91 Å². The molecule has 0 fully saturated rings. The third-order valence-electron chi connectivity index (χ3n) is 3.03. The summed E-state index contributed by atoms with van der Waals surface area (Å²) in [6.07, 6.45) is 3.50. The monoisotopic (exact) mass is 335 g/mol. The highest BCUT2D eigenvalue weighted by atomic mass is 79.9. The minimum Gasteiger partial charge on any atom is -0.306 e. The van der Waals surface area contributed by atoms with Crippen LogP contribution in [-0.2, 0) is 6.54 Å². The Labute approximate surface area is 125 Å². The van der Waals surface area contributed by atoms with Crippen molar-refractivity contribution in [2.24, 2.45) is 0 Å². The Kier molecular flexibility index (Phi) is 4.81. The summed E-state index contributed by atoms with van der Waals surface area (Å²) in [6, 6.07) is 9.00. The van der Waals surface area contributed by atoms with Gasteiger partial charge in [-0.3, -0.25) is 15.1 Å². The highest BCUT2D eigenvalue weighted by Gasteiger charge is 2.15. The van der Waals surface area contributed by atoms with Gasteiger partial charge in [0.2, 0.25) is 0 Å². The van der Waals surface area contributed by atoms with Gasteiger partial charge in [0.05, 0.1) is 4.92 Å². The van der Waals surface area contributed by atoms with Crippen molar-refractivity contribution in [1.29, 1.82) is 0 Å². The molecule has 0 aliphatic heterocycles. The van der Waals surface area contributed by atoms with Crippen LogP contribution in [0.5, 0.6) is 0 Å². The summed E-state index contributed by atoms with van der Waals surface area (Å²) >= 11 is 3.25. The second-order valence-corrected chi connectivity index (χ2v) is 5.33. The molecule has 0 aliphatic carbocycles. The van der Waals surface area contributed by atoms with Gasteiger partial charge in [-0.2, -0.15) is 0 Å². The zero-order valence-electron chi connectivity index (χ0n) is 10.9. The number of hydrogen-bond donors (Lipinski definition) is 1. The Morgan fingerprint density at radius 2 is 2.25 bits per heavy atom. The van der Waals surface area contributed by atoms with Crippen LogP contribution in [0.25, 0.3) is 0 Å². The van der Waals surface area contributed by atoms with Gasteiger partial charge in [0.25, 0.3) is 5.69 Å². The fourth-order valence-corrected chi connectivity index (χ4v) is 2.22. The van der Waals surface area contributed by atoms with E-state index in [9.17, 15) is 10.1 Å². The fraction of sp³-hybridized carbons (Fsp3) is 0.214. The van der Waals surface area contributed by atoms with Gasteiger partial charge in [-0.25, -0.2) is 0 Å². The molecule has 0 bridgehead atoms. The Hall–Kier alpha value is -1.79. The van der Waals surface area contributed by atoms with E-state index in [0.717, 1.165) is 5.56 Å². The standard InChI is InChI=1S/C14H14BrN3O2/c1-10(11-3-2-6-16-8-11)17-9-12-4-5-13(15)7-14(12)18(19)20/h2-8,10,17H,9H2,1H3. The van der Waals surface area contributed by atoms with Crippen molar-refractivity contribution < 1.29 is 4.92 Å². The molecule has 5 nitrogen and oxygen atoms in total. The second-order valence-electron chi connectivity index (χ2n) is 4.42. The molecule has 0 radical (unpaired) electrons. The van der Waals surface area contributed by atoms with Gasteiger partial charge in [0.15, 0.2) is 0 Å². The highest BCUT2D eigenvalue weighted by Crippen LogP contribution is 2.24. The first-order valence-electron chi connectivity index (χ1n) is 6.14. The first-order valence-corrected chi connectivity index (χ1v) is 6.93. The number of halogens is 1. The Bertz CT molecular complexity index is 605. The largest absolute Gasteiger partial charge is 0.306 e. The van der Waals surface area contributed by atoms with Gasteiger partial charge >= 0.3 is 0 Å². The van der Waals surface area contributed by atoms with Crippen molar-refractivity contribution >= 4 is 21.6 Å². The van der Waals surface area contributed by atoms with Crippen molar-refractivity contribution in [2.75, 3.05) is 0 Å². The molecular weight excluding hydrogens is 322 g/mol. The first-order chi connectivity index (χ1) is 9.58. The molecule has 1 aromatic carbocycles. The number of nitrogens with one attached hydrogen (secondary N) is 1. The molecule has 6 heteroatoms. The van der Waals surface area contributed by atoms with Gasteiger partial charge in [-0.1, -0.05) is 22.0 Å². The van der Waals surface area contributed by atoms with E-state index in [1.54, 1.807) is 24.5 Å². The van der Waals surface area contributed by atoms with Crippen LogP contribution in [0.1, 0.15) is 24.1 Å². The van der Waals surface area contributed by atoms with Crippen molar-refractivity contribution in [2.45, 2.75) is 19.5 Å². The normalized spacial score (nSPS) is 12.1. The maximum absolute atomic E-state index is 11.0. The smallest absolute Gasteiger partial charge is 0.275 e. The van der Waals surface area contributed by atoms with E-state index in [1.165, 1.54) is 6.07 Å². The third kappa shape index (κ3) is 3.61. The summed E-state index contributed by atoms with van der Waals surface area (Å²) in [7, 11) is 0. The predicted molar refractivity (Wildman–Crippen MR) is 80.3 cm³/mol. The van der Waals surface area contributed by atoms with Crippen molar-refractivity contribution in [3.8, 4) is 0 Å². The van der Waals surface area contributed by atoms with Crippen molar-refractivity contribution in [3.05, 3.63) is 68.4 Å². The zero-order valence-corrected chi connectivity index (χ0v) is 12.5. The van der Waals surface area contributed by atoms with Gasteiger partial charge in [-0.15, -0.1) is 0 Å². The fourth-order valence-electron chi connectivity index (χ4n) is 1.87. The number of rotatable bonds is 5. The quantitative estimate of drug-likeness (QED) is 0.669. The Morgan fingerprint density at radius 3 is 2.90 bits per heavy atom. The van der Waals surface area contributed by atoms with Crippen LogP contribution in [0, 0.1) is 10.1 Å². The number of nitro groups is 1. The average Bonchev–Trinajstić information content (AvgIpc) is 2.46. The summed E-state index contributed by atoms with van der Waals surface area (Å²) in [5.41, 5.74) is 1.83. The molecule has 2 aromatic rings.